The van der Waals surface area contributed by atoms with E-state index in [2.05, 4.69) is 16.0 Å². The minimum atomic E-state index is -0.984. The molecular weight excluding hydrogens is 262 g/mol. The molecule has 0 aliphatic carbocycles. The third-order valence-corrected chi connectivity index (χ3v) is 2.59. The van der Waals surface area contributed by atoms with Gasteiger partial charge in [0, 0.05) is 12.1 Å². The molecule has 0 aromatic heterocycles. The summed E-state index contributed by atoms with van der Waals surface area (Å²) in [6.45, 7) is 9.01. The highest BCUT2D eigenvalue weighted by atomic mass is 16.4. The molecule has 0 aliphatic heterocycles. The van der Waals surface area contributed by atoms with E-state index in [1.165, 1.54) is 0 Å². The van der Waals surface area contributed by atoms with Crippen molar-refractivity contribution in [1.82, 2.24) is 16.0 Å². The van der Waals surface area contributed by atoms with Crippen LogP contribution in [0.4, 0.5) is 4.79 Å². The number of amides is 3. The van der Waals surface area contributed by atoms with Gasteiger partial charge in [-0.15, -0.1) is 0 Å². The van der Waals surface area contributed by atoms with Crippen LogP contribution in [0.2, 0.25) is 0 Å². The van der Waals surface area contributed by atoms with E-state index in [4.69, 9.17) is 5.11 Å². The highest BCUT2D eigenvalue weighted by Gasteiger charge is 2.28. The van der Waals surface area contributed by atoms with Gasteiger partial charge in [-0.2, -0.15) is 0 Å². The first kappa shape index (κ1) is 18.2. The van der Waals surface area contributed by atoms with Crippen molar-refractivity contribution in [2.75, 3.05) is 6.54 Å². The van der Waals surface area contributed by atoms with Gasteiger partial charge in [0.2, 0.25) is 5.91 Å². The van der Waals surface area contributed by atoms with E-state index >= 15 is 0 Å². The molecule has 0 rings (SSSR count). The summed E-state index contributed by atoms with van der Waals surface area (Å²) in [5.41, 5.74) is -0.393. The van der Waals surface area contributed by atoms with Crippen molar-refractivity contribution in [3.05, 3.63) is 0 Å². The fraction of sp³-hybridized carbons (Fsp3) is 0.769. The van der Waals surface area contributed by atoms with Crippen LogP contribution in [-0.2, 0) is 9.59 Å². The molecule has 0 saturated heterocycles. The Bertz CT molecular complexity index is 361. The lowest BCUT2D eigenvalue weighted by Crippen LogP contribution is -2.51. The Morgan fingerprint density at radius 2 is 1.65 bits per heavy atom. The molecule has 0 saturated carbocycles. The summed E-state index contributed by atoms with van der Waals surface area (Å²) < 4.78 is 0. The van der Waals surface area contributed by atoms with Gasteiger partial charge in [0.15, 0.2) is 0 Å². The maximum absolute atomic E-state index is 11.7. The van der Waals surface area contributed by atoms with Crippen LogP contribution >= 0.6 is 0 Å². The lowest BCUT2D eigenvalue weighted by Gasteiger charge is -2.30. The van der Waals surface area contributed by atoms with Crippen molar-refractivity contribution >= 4 is 17.9 Å². The molecule has 0 aromatic rings. The van der Waals surface area contributed by atoms with E-state index in [0.29, 0.717) is 0 Å². The summed E-state index contributed by atoms with van der Waals surface area (Å²) in [5, 5.41) is 16.5. The molecule has 0 bridgehead atoms. The quantitative estimate of drug-likeness (QED) is 0.576. The average Bonchev–Trinajstić information content (AvgIpc) is 2.22. The first-order chi connectivity index (χ1) is 9.02. The van der Waals surface area contributed by atoms with Crippen LogP contribution in [0, 0.1) is 5.41 Å². The van der Waals surface area contributed by atoms with Crippen molar-refractivity contribution in [1.29, 1.82) is 0 Å². The van der Waals surface area contributed by atoms with Crippen molar-refractivity contribution in [2.24, 2.45) is 5.41 Å². The molecule has 1 unspecified atom stereocenters. The number of rotatable bonds is 6. The highest BCUT2D eigenvalue weighted by molar-refractivity contribution is 5.84. The van der Waals surface area contributed by atoms with E-state index in [1.54, 1.807) is 0 Å². The Hall–Kier alpha value is -1.79. The Morgan fingerprint density at radius 3 is 2.05 bits per heavy atom. The van der Waals surface area contributed by atoms with Crippen LogP contribution in [0.15, 0.2) is 0 Å². The smallest absolute Gasteiger partial charge is 0.315 e. The minimum Gasteiger partial charge on any atom is -0.481 e. The lowest BCUT2D eigenvalue weighted by molar-refractivity contribution is -0.138. The van der Waals surface area contributed by atoms with Gasteiger partial charge in [0.05, 0.1) is 13.0 Å². The van der Waals surface area contributed by atoms with Gasteiger partial charge in [-0.3, -0.25) is 9.59 Å². The van der Waals surface area contributed by atoms with Gasteiger partial charge in [-0.1, -0.05) is 20.8 Å². The monoisotopic (exact) mass is 287 g/mol. The number of urea groups is 1. The largest absolute Gasteiger partial charge is 0.481 e. The second-order valence-electron chi connectivity index (χ2n) is 6.07. The van der Waals surface area contributed by atoms with Crippen molar-refractivity contribution < 1.29 is 19.5 Å². The molecule has 7 nitrogen and oxygen atoms in total. The number of carbonyl (C=O) groups is 3. The van der Waals surface area contributed by atoms with E-state index < -0.39 is 23.5 Å². The zero-order valence-electron chi connectivity index (χ0n) is 12.7. The number of hydrogen-bond donors (Lipinski definition) is 4. The van der Waals surface area contributed by atoms with Gasteiger partial charge < -0.3 is 21.1 Å². The highest BCUT2D eigenvalue weighted by Crippen LogP contribution is 2.21. The number of carbonyl (C=O) groups excluding carboxylic acids is 2. The van der Waals surface area contributed by atoms with E-state index in [0.717, 1.165) is 0 Å². The summed E-state index contributed by atoms with van der Waals surface area (Å²) in [7, 11) is 0. The van der Waals surface area contributed by atoms with Gasteiger partial charge in [-0.25, -0.2) is 4.79 Å². The topological polar surface area (TPSA) is 108 Å². The molecule has 0 spiro atoms. The maximum Gasteiger partial charge on any atom is 0.315 e. The van der Waals surface area contributed by atoms with Gasteiger partial charge in [0.25, 0.3) is 0 Å². The third kappa shape index (κ3) is 8.34. The van der Waals surface area contributed by atoms with Crippen molar-refractivity contribution in [3.63, 3.8) is 0 Å². The van der Waals surface area contributed by atoms with Crippen molar-refractivity contribution in [3.8, 4) is 0 Å². The average molecular weight is 287 g/mol. The zero-order valence-corrected chi connectivity index (χ0v) is 12.7. The Kier molecular flexibility index (Phi) is 7.02. The maximum atomic E-state index is 11.7. The number of carboxylic acid groups (broad SMARTS) is 1. The van der Waals surface area contributed by atoms with Crippen molar-refractivity contribution in [2.45, 2.75) is 53.1 Å². The summed E-state index contributed by atoms with van der Waals surface area (Å²) in [4.78, 5) is 33.8. The first-order valence-electron chi connectivity index (χ1n) is 6.58. The number of nitrogens with one attached hydrogen (secondary N) is 3. The molecule has 7 heteroatoms. The molecule has 0 heterocycles. The summed E-state index contributed by atoms with van der Waals surface area (Å²) in [6.07, 6.45) is -0.172. The molecule has 0 radical (unpaired) electrons. The second kappa shape index (κ2) is 7.72. The Morgan fingerprint density at radius 1 is 1.10 bits per heavy atom. The lowest BCUT2D eigenvalue weighted by atomic mass is 9.85. The first-order valence-corrected chi connectivity index (χ1v) is 6.58. The summed E-state index contributed by atoms with van der Waals surface area (Å²) in [6, 6.07) is -1.07. The Labute approximate surface area is 119 Å². The van der Waals surface area contributed by atoms with Crippen LogP contribution in [0.5, 0.6) is 0 Å². The predicted molar refractivity (Wildman–Crippen MR) is 75.3 cm³/mol. The molecule has 3 amide bonds. The molecular formula is C13H25N3O4. The third-order valence-electron chi connectivity index (χ3n) is 2.59. The SMILES string of the molecule is CC(C)NC(=O)CNC(=O)NC(CC(=O)O)C(C)(C)C. The fourth-order valence-electron chi connectivity index (χ4n) is 1.49. The molecule has 116 valence electrons. The van der Waals surface area contributed by atoms with Crippen LogP contribution in [0.3, 0.4) is 0 Å². The number of aliphatic carboxylic acids is 1. The summed E-state index contributed by atoms with van der Waals surface area (Å²) >= 11 is 0. The van der Waals surface area contributed by atoms with Crippen LogP contribution in [-0.4, -0.2) is 41.6 Å². The molecule has 0 aliphatic rings. The van der Waals surface area contributed by atoms with E-state index in [1.807, 2.05) is 34.6 Å². The fourth-order valence-corrected chi connectivity index (χ4v) is 1.49. The normalized spacial score (nSPS) is 12.7. The second-order valence-corrected chi connectivity index (χ2v) is 6.07. The van der Waals surface area contributed by atoms with E-state index in [-0.39, 0.29) is 24.9 Å². The molecule has 1 atom stereocenters. The Balaban J connectivity index is 4.33. The predicted octanol–water partition coefficient (Wildman–Crippen LogP) is 0.700. The zero-order chi connectivity index (χ0) is 15.9. The molecule has 20 heavy (non-hydrogen) atoms. The van der Waals surface area contributed by atoms with E-state index in [9.17, 15) is 14.4 Å². The number of carboxylic acids is 1. The standard InChI is InChI=1S/C13H25N3O4/c1-8(2)15-10(17)7-14-12(20)16-9(6-11(18)19)13(3,4)5/h8-9H,6-7H2,1-5H3,(H,15,17)(H,18,19)(H2,14,16,20). The molecule has 0 aromatic carbocycles. The van der Waals surface area contributed by atoms with Gasteiger partial charge in [0.1, 0.15) is 0 Å². The van der Waals surface area contributed by atoms with Gasteiger partial charge in [-0.05, 0) is 19.3 Å². The van der Waals surface area contributed by atoms with Gasteiger partial charge >= 0.3 is 12.0 Å². The van der Waals surface area contributed by atoms with Crippen LogP contribution < -0.4 is 16.0 Å². The molecule has 4 N–H and O–H groups in total. The minimum absolute atomic E-state index is 0.00157. The summed E-state index contributed by atoms with van der Waals surface area (Å²) in [5.74, 6) is -1.27. The van der Waals surface area contributed by atoms with Crippen LogP contribution in [0.1, 0.15) is 41.0 Å². The van der Waals surface area contributed by atoms with Crippen LogP contribution in [0.25, 0.3) is 0 Å². The number of hydrogen-bond acceptors (Lipinski definition) is 3. The molecule has 0 fully saturated rings.